The molecule has 0 aromatic heterocycles. The summed E-state index contributed by atoms with van der Waals surface area (Å²) in [5.74, 6) is -0.983. The minimum Gasteiger partial charge on any atom is -0.481 e. The van der Waals surface area contributed by atoms with E-state index in [2.05, 4.69) is 20.9 Å². The number of amidine groups is 1. The molecule has 1 aliphatic heterocycles. The van der Waals surface area contributed by atoms with Crippen molar-refractivity contribution >= 4 is 46.7 Å². The highest BCUT2D eigenvalue weighted by Crippen LogP contribution is 2.15. The molecule has 0 aliphatic carbocycles. The van der Waals surface area contributed by atoms with Crippen LogP contribution in [-0.2, 0) is 9.59 Å². The molecule has 1 aliphatic rings. The molecule has 31 heavy (non-hydrogen) atoms. The third-order valence-electron chi connectivity index (χ3n) is 4.57. The fourth-order valence-corrected chi connectivity index (χ4v) is 3.14. The molecule has 2 aromatic rings. The number of carbonyl (C=O) groups is 3. The summed E-state index contributed by atoms with van der Waals surface area (Å²) in [6.07, 6.45) is -0.570. The summed E-state index contributed by atoms with van der Waals surface area (Å²) in [5.41, 5.74) is 1.85. The Morgan fingerprint density at radius 2 is 1.68 bits per heavy atom. The van der Waals surface area contributed by atoms with Gasteiger partial charge in [-0.25, -0.2) is 4.79 Å². The molecular weight excluding hydrogens is 422 g/mol. The van der Waals surface area contributed by atoms with Gasteiger partial charge in [-0.05, 0) is 48.5 Å². The van der Waals surface area contributed by atoms with Crippen LogP contribution in [0.25, 0.3) is 0 Å². The molecule has 0 unspecified atom stereocenters. The third kappa shape index (κ3) is 6.19. The van der Waals surface area contributed by atoms with Crippen LogP contribution in [0.15, 0.2) is 53.5 Å². The number of anilines is 2. The Balaban J connectivity index is 1.63. The molecule has 0 saturated carbocycles. The van der Waals surface area contributed by atoms with Crippen molar-refractivity contribution in [3.05, 3.63) is 59.1 Å². The van der Waals surface area contributed by atoms with Crippen LogP contribution in [0.2, 0.25) is 5.02 Å². The maximum Gasteiger partial charge on any atom is 0.319 e. The number of carboxylic acids is 1. The summed E-state index contributed by atoms with van der Waals surface area (Å²) in [7, 11) is 1.96. The predicted octanol–water partition coefficient (Wildman–Crippen LogP) is 2.64. The lowest BCUT2D eigenvalue weighted by molar-refractivity contribution is -0.139. The smallest absolute Gasteiger partial charge is 0.319 e. The van der Waals surface area contributed by atoms with Gasteiger partial charge in [-0.1, -0.05) is 11.6 Å². The highest BCUT2D eigenvalue weighted by atomic mass is 35.5. The molecule has 3 rings (SSSR count). The summed E-state index contributed by atoms with van der Waals surface area (Å²) in [6, 6.07) is 11.4. The van der Waals surface area contributed by atoms with Crippen LogP contribution in [-0.4, -0.2) is 59.9 Å². The first-order valence-corrected chi connectivity index (χ1v) is 9.91. The molecule has 1 heterocycles. The van der Waals surface area contributed by atoms with Crippen LogP contribution in [0.3, 0.4) is 0 Å². The Morgan fingerprint density at radius 1 is 1.06 bits per heavy atom. The molecule has 162 valence electrons. The summed E-state index contributed by atoms with van der Waals surface area (Å²) in [5, 5.41) is 17.2. The molecule has 0 radical (unpaired) electrons. The maximum atomic E-state index is 12.6. The van der Waals surface area contributed by atoms with Crippen LogP contribution >= 0.6 is 11.6 Å². The van der Waals surface area contributed by atoms with Crippen molar-refractivity contribution < 1.29 is 19.5 Å². The SMILES string of the molecule is CN1CCN=C1c1ccc(NC(=O)[C@@H](CC(=O)O)NC(=O)Nc2ccc(Cl)cc2)cc1. The first-order valence-electron chi connectivity index (χ1n) is 9.53. The number of benzene rings is 2. The van der Waals surface area contributed by atoms with E-state index in [0.717, 1.165) is 24.5 Å². The van der Waals surface area contributed by atoms with Crippen LogP contribution in [0, 0.1) is 0 Å². The van der Waals surface area contributed by atoms with Gasteiger partial charge in [0.1, 0.15) is 11.9 Å². The normalized spacial score (nSPS) is 13.9. The van der Waals surface area contributed by atoms with Gasteiger partial charge >= 0.3 is 12.0 Å². The molecule has 9 nitrogen and oxygen atoms in total. The highest BCUT2D eigenvalue weighted by molar-refractivity contribution is 6.30. The van der Waals surface area contributed by atoms with Gasteiger partial charge in [-0.15, -0.1) is 0 Å². The van der Waals surface area contributed by atoms with E-state index in [1.165, 1.54) is 0 Å². The molecule has 2 aromatic carbocycles. The van der Waals surface area contributed by atoms with Crippen LogP contribution in [0.5, 0.6) is 0 Å². The largest absolute Gasteiger partial charge is 0.481 e. The van der Waals surface area contributed by atoms with Gasteiger partial charge in [0.2, 0.25) is 5.91 Å². The van der Waals surface area contributed by atoms with E-state index in [1.54, 1.807) is 36.4 Å². The second-order valence-corrected chi connectivity index (χ2v) is 7.39. The number of urea groups is 1. The first kappa shape index (κ1) is 22.1. The van der Waals surface area contributed by atoms with Gasteiger partial charge in [0.25, 0.3) is 0 Å². The van der Waals surface area contributed by atoms with Crippen molar-refractivity contribution in [2.24, 2.45) is 4.99 Å². The monoisotopic (exact) mass is 443 g/mol. The Kier molecular flexibility index (Phi) is 7.09. The Bertz CT molecular complexity index is 992. The van der Waals surface area contributed by atoms with Crippen molar-refractivity contribution in [1.29, 1.82) is 0 Å². The molecule has 0 saturated heterocycles. The zero-order valence-corrected chi connectivity index (χ0v) is 17.5. The van der Waals surface area contributed by atoms with E-state index in [1.807, 2.05) is 24.1 Å². The maximum absolute atomic E-state index is 12.6. The first-order chi connectivity index (χ1) is 14.8. The van der Waals surface area contributed by atoms with Crippen LogP contribution < -0.4 is 16.0 Å². The Morgan fingerprint density at radius 3 is 2.26 bits per heavy atom. The van der Waals surface area contributed by atoms with Gasteiger partial charge < -0.3 is 26.0 Å². The number of carboxylic acid groups (broad SMARTS) is 1. The average molecular weight is 444 g/mol. The molecule has 0 fully saturated rings. The fourth-order valence-electron chi connectivity index (χ4n) is 3.02. The number of rotatable bonds is 7. The van der Waals surface area contributed by atoms with E-state index >= 15 is 0 Å². The van der Waals surface area contributed by atoms with E-state index in [4.69, 9.17) is 16.7 Å². The second-order valence-electron chi connectivity index (χ2n) is 6.95. The number of nitrogens with zero attached hydrogens (tertiary/aromatic N) is 2. The van der Waals surface area contributed by atoms with Crippen LogP contribution in [0.1, 0.15) is 12.0 Å². The van der Waals surface area contributed by atoms with Gasteiger partial charge in [0, 0.05) is 35.6 Å². The summed E-state index contributed by atoms with van der Waals surface area (Å²) in [4.78, 5) is 42.5. The highest BCUT2D eigenvalue weighted by Gasteiger charge is 2.24. The molecule has 0 bridgehead atoms. The van der Waals surface area contributed by atoms with E-state index in [9.17, 15) is 14.4 Å². The minimum atomic E-state index is -1.27. The number of nitrogens with one attached hydrogen (secondary N) is 3. The van der Waals surface area contributed by atoms with Crippen molar-refractivity contribution in [2.45, 2.75) is 12.5 Å². The minimum absolute atomic E-state index is 0.451. The van der Waals surface area contributed by atoms with E-state index < -0.39 is 30.4 Å². The molecule has 1 atom stereocenters. The number of likely N-dealkylation sites (N-methyl/N-ethyl adjacent to an activating group) is 1. The molecular formula is C21H22ClN5O4. The van der Waals surface area contributed by atoms with Crippen molar-refractivity contribution in [3.8, 4) is 0 Å². The van der Waals surface area contributed by atoms with Crippen LogP contribution in [0.4, 0.5) is 16.2 Å². The predicted molar refractivity (Wildman–Crippen MR) is 119 cm³/mol. The molecule has 3 amide bonds. The van der Waals surface area contributed by atoms with Gasteiger partial charge in [-0.2, -0.15) is 0 Å². The fraction of sp³-hybridized carbons (Fsp3) is 0.238. The number of aliphatic carboxylic acids is 1. The zero-order chi connectivity index (χ0) is 22.4. The lowest BCUT2D eigenvalue weighted by Crippen LogP contribution is -2.46. The van der Waals surface area contributed by atoms with Crippen molar-refractivity contribution in [3.63, 3.8) is 0 Å². The van der Waals surface area contributed by atoms with Crippen molar-refractivity contribution in [1.82, 2.24) is 10.2 Å². The third-order valence-corrected chi connectivity index (χ3v) is 4.82. The van der Waals surface area contributed by atoms with Gasteiger partial charge in [0.05, 0.1) is 13.0 Å². The number of carbonyl (C=O) groups excluding carboxylic acids is 2. The van der Waals surface area contributed by atoms with Gasteiger partial charge in [0.15, 0.2) is 0 Å². The quantitative estimate of drug-likeness (QED) is 0.523. The van der Waals surface area contributed by atoms with Gasteiger partial charge in [-0.3, -0.25) is 14.6 Å². The topological polar surface area (TPSA) is 123 Å². The standard InChI is InChI=1S/C21H22ClN5O4/c1-27-11-10-23-19(27)13-2-6-15(7-3-13)24-20(30)17(12-18(28)29)26-21(31)25-16-8-4-14(22)5-9-16/h2-9,17H,10-12H2,1H3,(H,24,30)(H,28,29)(H2,25,26,31)/t17-/m1/s1. The molecule has 10 heteroatoms. The average Bonchev–Trinajstić information content (AvgIpc) is 3.15. The van der Waals surface area contributed by atoms with E-state index in [0.29, 0.717) is 16.4 Å². The molecule has 0 spiro atoms. The lowest BCUT2D eigenvalue weighted by atomic mass is 10.1. The lowest BCUT2D eigenvalue weighted by Gasteiger charge is -2.18. The number of aliphatic imine (C=N–C) groups is 1. The van der Waals surface area contributed by atoms with E-state index in [-0.39, 0.29) is 0 Å². The van der Waals surface area contributed by atoms with Crippen molar-refractivity contribution in [2.75, 3.05) is 30.8 Å². The number of hydrogen-bond donors (Lipinski definition) is 4. The summed E-state index contributed by atoms with van der Waals surface area (Å²) >= 11 is 5.81. The summed E-state index contributed by atoms with van der Waals surface area (Å²) in [6.45, 7) is 1.60. The number of hydrogen-bond acceptors (Lipinski definition) is 5. The Labute approximate surface area is 184 Å². The molecule has 4 N–H and O–H groups in total. The number of halogens is 1. The zero-order valence-electron chi connectivity index (χ0n) is 16.8. The summed E-state index contributed by atoms with van der Waals surface area (Å²) < 4.78 is 0. The number of amides is 3. The second kappa shape index (κ2) is 9.94. The Hall–Kier alpha value is -3.59.